The van der Waals surface area contributed by atoms with E-state index >= 15 is 0 Å². The molecule has 0 aromatic heterocycles. The van der Waals surface area contributed by atoms with E-state index in [9.17, 15) is 14.0 Å². The largest absolute Gasteiger partial charge is 0.346 e. The lowest BCUT2D eigenvalue weighted by Crippen LogP contribution is -2.28. The van der Waals surface area contributed by atoms with Crippen LogP contribution in [0.3, 0.4) is 0 Å². The van der Waals surface area contributed by atoms with Crippen LogP contribution in [-0.2, 0) is 11.2 Å². The van der Waals surface area contributed by atoms with Gasteiger partial charge < -0.3 is 10.2 Å². The van der Waals surface area contributed by atoms with Crippen molar-refractivity contribution < 1.29 is 14.0 Å². The first-order valence-corrected chi connectivity index (χ1v) is 8.49. The molecule has 0 fully saturated rings. The highest BCUT2D eigenvalue weighted by molar-refractivity contribution is 5.98. The van der Waals surface area contributed by atoms with Crippen LogP contribution in [0.4, 0.5) is 10.1 Å². The van der Waals surface area contributed by atoms with Gasteiger partial charge in [-0.1, -0.05) is 19.1 Å². The molecule has 0 spiro atoms. The predicted octanol–water partition coefficient (Wildman–Crippen LogP) is 3.62. The third-order valence-corrected chi connectivity index (χ3v) is 4.54. The standard InChI is InChI=1S/C20H21FN2O2/c1-3-19(24)23-10-9-15-11-16(7-8-18(15)23)20(25)22-13(2)14-5-4-6-17(21)12-14/h4-8,11-13H,3,9-10H2,1-2H3,(H,22,25)/t13-/m1/s1. The molecule has 5 heteroatoms. The van der Waals surface area contributed by atoms with Crippen LogP contribution in [0.5, 0.6) is 0 Å². The number of rotatable bonds is 4. The fourth-order valence-corrected chi connectivity index (χ4v) is 3.13. The van der Waals surface area contributed by atoms with Gasteiger partial charge in [0.2, 0.25) is 5.91 Å². The van der Waals surface area contributed by atoms with Crippen LogP contribution in [0.15, 0.2) is 42.5 Å². The number of hydrogen-bond acceptors (Lipinski definition) is 2. The quantitative estimate of drug-likeness (QED) is 0.924. The summed E-state index contributed by atoms with van der Waals surface area (Å²) < 4.78 is 13.3. The number of carbonyl (C=O) groups excluding carboxylic acids is 2. The Bertz CT molecular complexity index is 819. The van der Waals surface area contributed by atoms with E-state index in [2.05, 4.69) is 5.32 Å². The van der Waals surface area contributed by atoms with Crippen LogP contribution >= 0.6 is 0 Å². The van der Waals surface area contributed by atoms with Gasteiger partial charge in [0, 0.05) is 24.2 Å². The van der Waals surface area contributed by atoms with Crippen molar-refractivity contribution in [2.24, 2.45) is 0 Å². The number of benzene rings is 2. The predicted molar refractivity (Wildman–Crippen MR) is 95.1 cm³/mol. The highest BCUT2D eigenvalue weighted by atomic mass is 19.1. The van der Waals surface area contributed by atoms with Gasteiger partial charge >= 0.3 is 0 Å². The van der Waals surface area contributed by atoms with Crippen LogP contribution in [0.25, 0.3) is 0 Å². The van der Waals surface area contributed by atoms with E-state index in [1.165, 1.54) is 12.1 Å². The molecular formula is C20H21FN2O2. The second kappa shape index (κ2) is 7.05. The Hall–Kier alpha value is -2.69. The van der Waals surface area contributed by atoms with E-state index in [0.717, 1.165) is 17.7 Å². The maximum Gasteiger partial charge on any atom is 0.251 e. The summed E-state index contributed by atoms with van der Waals surface area (Å²) >= 11 is 0. The van der Waals surface area contributed by atoms with E-state index in [4.69, 9.17) is 0 Å². The van der Waals surface area contributed by atoms with Gasteiger partial charge in [-0.15, -0.1) is 0 Å². The molecule has 25 heavy (non-hydrogen) atoms. The van der Waals surface area contributed by atoms with Crippen LogP contribution in [0.2, 0.25) is 0 Å². The topological polar surface area (TPSA) is 49.4 Å². The summed E-state index contributed by atoms with van der Waals surface area (Å²) in [6, 6.07) is 11.3. The van der Waals surface area contributed by atoms with E-state index < -0.39 is 0 Å². The molecule has 0 aliphatic carbocycles. The number of halogens is 1. The Morgan fingerprint density at radius 3 is 2.76 bits per heavy atom. The number of carbonyl (C=O) groups is 2. The van der Waals surface area contributed by atoms with E-state index in [0.29, 0.717) is 24.1 Å². The van der Waals surface area contributed by atoms with Crippen molar-refractivity contribution in [2.75, 3.05) is 11.4 Å². The highest BCUT2D eigenvalue weighted by Gasteiger charge is 2.24. The fourth-order valence-electron chi connectivity index (χ4n) is 3.13. The normalized spacial score (nSPS) is 14.1. The molecule has 2 aromatic carbocycles. The molecule has 3 rings (SSSR count). The number of hydrogen-bond donors (Lipinski definition) is 1. The van der Waals surface area contributed by atoms with Crippen molar-refractivity contribution in [2.45, 2.75) is 32.7 Å². The average molecular weight is 340 g/mol. The van der Waals surface area contributed by atoms with Gasteiger partial charge in [-0.2, -0.15) is 0 Å². The van der Waals surface area contributed by atoms with Crippen molar-refractivity contribution in [3.05, 3.63) is 65.0 Å². The zero-order valence-corrected chi connectivity index (χ0v) is 14.4. The molecule has 2 aromatic rings. The van der Waals surface area contributed by atoms with Gasteiger partial charge in [0.05, 0.1) is 6.04 Å². The summed E-state index contributed by atoms with van der Waals surface area (Å²) in [5.74, 6) is -0.438. The minimum absolute atomic E-state index is 0.0932. The summed E-state index contributed by atoms with van der Waals surface area (Å²) in [4.78, 5) is 26.2. The number of fused-ring (bicyclic) bond motifs is 1. The Kier molecular flexibility index (Phi) is 4.83. The van der Waals surface area contributed by atoms with Crippen LogP contribution in [-0.4, -0.2) is 18.4 Å². The molecule has 4 nitrogen and oxygen atoms in total. The van der Waals surface area contributed by atoms with Crippen LogP contribution < -0.4 is 10.2 Å². The van der Waals surface area contributed by atoms with Crippen LogP contribution in [0, 0.1) is 5.82 Å². The molecule has 2 amide bonds. The van der Waals surface area contributed by atoms with Gasteiger partial charge in [-0.3, -0.25) is 9.59 Å². The molecule has 1 heterocycles. The third kappa shape index (κ3) is 3.55. The second-order valence-corrected chi connectivity index (χ2v) is 6.24. The SMILES string of the molecule is CCC(=O)N1CCc2cc(C(=O)N[C@H](C)c3cccc(F)c3)ccc21. The number of nitrogens with zero attached hydrogens (tertiary/aromatic N) is 1. The summed E-state index contributed by atoms with van der Waals surface area (Å²) in [6.07, 6.45) is 1.22. The zero-order chi connectivity index (χ0) is 18.0. The molecule has 1 aliphatic heterocycles. The lowest BCUT2D eigenvalue weighted by atomic mass is 10.1. The molecule has 0 bridgehead atoms. The Balaban J connectivity index is 1.74. The van der Waals surface area contributed by atoms with Gasteiger partial charge in [0.1, 0.15) is 5.82 Å². The van der Waals surface area contributed by atoms with E-state index in [1.807, 2.05) is 26.0 Å². The summed E-state index contributed by atoms with van der Waals surface area (Å²) in [6.45, 7) is 4.32. The lowest BCUT2D eigenvalue weighted by Gasteiger charge is -2.17. The number of amides is 2. The molecule has 0 radical (unpaired) electrons. The summed E-state index contributed by atoms with van der Waals surface area (Å²) in [5, 5.41) is 2.89. The first-order chi connectivity index (χ1) is 12.0. The maximum atomic E-state index is 13.3. The zero-order valence-electron chi connectivity index (χ0n) is 14.4. The smallest absolute Gasteiger partial charge is 0.251 e. The van der Waals surface area contributed by atoms with Gasteiger partial charge in [-0.05, 0) is 54.8 Å². The second-order valence-electron chi connectivity index (χ2n) is 6.24. The fraction of sp³-hybridized carbons (Fsp3) is 0.300. The summed E-state index contributed by atoms with van der Waals surface area (Å²) in [7, 11) is 0. The Morgan fingerprint density at radius 2 is 2.04 bits per heavy atom. The van der Waals surface area contributed by atoms with Crippen molar-refractivity contribution in [1.29, 1.82) is 0 Å². The lowest BCUT2D eigenvalue weighted by molar-refractivity contribution is -0.118. The molecule has 1 N–H and O–H groups in total. The number of nitrogens with one attached hydrogen (secondary N) is 1. The average Bonchev–Trinajstić information content (AvgIpc) is 3.04. The van der Waals surface area contributed by atoms with Crippen LogP contribution in [0.1, 0.15) is 47.8 Å². The van der Waals surface area contributed by atoms with Gasteiger partial charge in [0.15, 0.2) is 0 Å². The minimum atomic E-state index is -0.322. The molecular weight excluding hydrogens is 319 g/mol. The molecule has 0 saturated heterocycles. The van der Waals surface area contributed by atoms with Crippen molar-refractivity contribution in [3.8, 4) is 0 Å². The van der Waals surface area contributed by atoms with Gasteiger partial charge in [0.25, 0.3) is 5.91 Å². The summed E-state index contributed by atoms with van der Waals surface area (Å²) in [5.41, 5.74) is 3.16. The molecule has 130 valence electrons. The molecule has 0 unspecified atom stereocenters. The third-order valence-electron chi connectivity index (χ3n) is 4.54. The van der Waals surface area contributed by atoms with E-state index in [1.54, 1.807) is 23.1 Å². The van der Waals surface area contributed by atoms with E-state index in [-0.39, 0.29) is 23.7 Å². The number of anilines is 1. The van der Waals surface area contributed by atoms with Crippen molar-refractivity contribution in [3.63, 3.8) is 0 Å². The maximum absolute atomic E-state index is 13.3. The first kappa shape index (κ1) is 17.1. The molecule has 1 aliphatic rings. The monoisotopic (exact) mass is 340 g/mol. The van der Waals surface area contributed by atoms with Gasteiger partial charge in [-0.25, -0.2) is 4.39 Å². The first-order valence-electron chi connectivity index (χ1n) is 8.49. The van der Waals surface area contributed by atoms with Crippen molar-refractivity contribution >= 4 is 17.5 Å². The molecule has 1 atom stereocenters. The molecule has 0 saturated carbocycles. The highest BCUT2D eigenvalue weighted by Crippen LogP contribution is 2.29. The Morgan fingerprint density at radius 1 is 1.24 bits per heavy atom. The van der Waals surface area contributed by atoms with Crippen molar-refractivity contribution in [1.82, 2.24) is 5.32 Å². The minimum Gasteiger partial charge on any atom is -0.346 e. The Labute approximate surface area is 146 Å².